The van der Waals surface area contributed by atoms with Crippen LogP contribution in [0.3, 0.4) is 0 Å². The molecule has 0 fully saturated rings. The number of hydrogen-bond acceptors (Lipinski definition) is 3. The Morgan fingerprint density at radius 1 is 1.14 bits per heavy atom. The topological polar surface area (TPSA) is 51.5 Å². The lowest BCUT2D eigenvalue weighted by Crippen LogP contribution is -2.24. The van der Waals surface area contributed by atoms with Gasteiger partial charge in [0.25, 0.3) is 5.56 Å². The number of rotatable bonds is 6. The minimum Gasteiger partial charge on any atom is -0.493 e. The van der Waals surface area contributed by atoms with E-state index in [-0.39, 0.29) is 12.2 Å². The minimum absolute atomic E-state index is 0.136. The van der Waals surface area contributed by atoms with Crippen LogP contribution in [0.1, 0.15) is 26.3 Å². The van der Waals surface area contributed by atoms with Crippen molar-refractivity contribution in [2.24, 2.45) is 5.92 Å². The van der Waals surface area contributed by atoms with Crippen molar-refractivity contribution in [2.75, 3.05) is 6.61 Å². The van der Waals surface area contributed by atoms with Crippen LogP contribution in [0, 0.1) is 5.92 Å². The van der Waals surface area contributed by atoms with Gasteiger partial charge in [0.15, 0.2) is 0 Å². The van der Waals surface area contributed by atoms with Crippen LogP contribution in [0.5, 0.6) is 5.75 Å². The van der Waals surface area contributed by atoms with Gasteiger partial charge < -0.3 is 14.4 Å². The van der Waals surface area contributed by atoms with E-state index in [1.54, 1.807) is 10.6 Å². The van der Waals surface area contributed by atoms with Crippen LogP contribution in [0.25, 0.3) is 11.3 Å². The molecule has 0 saturated carbocycles. The number of aliphatic hydroxyl groups is 1. The zero-order valence-electron chi connectivity index (χ0n) is 13.4. The van der Waals surface area contributed by atoms with Gasteiger partial charge in [0, 0.05) is 12.1 Å². The molecule has 0 aliphatic rings. The summed E-state index contributed by atoms with van der Waals surface area (Å²) in [5.41, 5.74) is 2.09. The van der Waals surface area contributed by atoms with E-state index >= 15 is 0 Å². The third-order valence-corrected chi connectivity index (χ3v) is 3.47. The van der Waals surface area contributed by atoms with Crippen LogP contribution in [-0.4, -0.2) is 16.3 Å². The van der Waals surface area contributed by atoms with Crippen LogP contribution >= 0.6 is 0 Å². The Labute approximate surface area is 131 Å². The Bertz CT molecular complexity index is 672. The van der Waals surface area contributed by atoms with Gasteiger partial charge in [-0.15, -0.1) is 0 Å². The monoisotopic (exact) mass is 301 g/mol. The Balaban J connectivity index is 2.32. The van der Waals surface area contributed by atoms with E-state index in [2.05, 4.69) is 13.8 Å². The second-order valence-corrected chi connectivity index (χ2v) is 5.68. The summed E-state index contributed by atoms with van der Waals surface area (Å²) < 4.78 is 7.35. The SMILES string of the molecule is CCn1c(-c2ccc(OCC(C)C)cc2)ccc(CO)c1=O. The second kappa shape index (κ2) is 7.27. The molecular formula is C18H23NO3. The molecule has 0 spiro atoms. The minimum atomic E-state index is -0.235. The molecule has 0 aliphatic heterocycles. The average Bonchev–Trinajstić information content (AvgIpc) is 2.53. The molecular weight excluding hydrogens is 278 g/mol. The molecule has 0 saturated heterocycles. The van der Waals surface area contributed by atoms with E-state index in [4.69, 9.17) is 4.74 Å². The highest BCUT2D eigenvalue weighted by Crippen LogP contribution is 2.22. The molecule has 22 heavy (non-hydrogen) atoms. The van der Waals surface area contributed by atoms with Crippen LogP contribution in [-0.2, 0) is 13.2 Å². The summed E-state index contributed by atoms with van der Waals surface area (Å²) in [6, 6.07) is 11.3. The first kappa shape index (κ1) is 16.3. The first-order chi connectivity index (χ1) is 10.6. The third kappa shape index (κ3) is 3.57. The summed E-state index contributed by atoms with van der Waals surface area (Å²) in [6.07, 6.45) is 0. The first-order valence-electron chi connectivity index (χ1n) is 7.63. The fourth-order valence-corrected chi connectivity index (χ4v) is 2.29. The van der Waals surface area contributed by atoms with E-state index in [9.17, 15) is 9.90 Å². The lowest BCUT2D eigenvalue weighted by atomic mass is 10.1. The van der Waals surface area contributed by atoms with Gasteiger partial charge in [0.2, 0.25) is 0 Å². The number of aromatic nitrogens is 1. The molecule has 0 radical (unpaired) electrons. The van der Waals surface area contributed by atoms with Crippen molar-refractivity contribution in [3.8, 4) is 17.0 Å². The number of pyridine rings is 1. The van der Waals surface area contributed by atoms with Crippen molar-refractivity contribution in [1.29, 1.82) is 0 Å². The van der Waals surface area contributed by atoms with Gasteiger partial charge in [0.1, 0.15) is 5.75 Å². The molecule has 1 aromatic heterocycles. The number of hydrogen-bond donors (Lipinski definition) is 1. The number of ether oxygens (including phenoxy) is 1. The molecule has 4 nitrogen and oxygen atoms in total. The predicted molar refractivity (Wildman–Crippen MR) is 88.1 cm³/mol. The second-order valence-electron chi connectivity index (χ2n) is 5.68. The largest absolute Gasteiger partial charge is 0.493 e. The Kier molecular flexibility index (Phi) is 5.39. The van der Waals surface area contributed by atoms with Gasteiger partial charge in [-0.2, -0.15) is 0 Å². The molecule has 0 amide bonds. The molecule has 1 aromatic carbocycles. The first-order valence-corrected chi connectivity index (χ1v) is 7.63. The Morgan fingerprint density at radius 3 is 2.36 bits per heavy atom. The van der Waals surface area contributed by atoms with Crippen LogP contribution in [0.2, 0.25) is 0 Å². The lowest BCUT2D eigenvalue weighted by molar-refractivity contribution is 0.271. The molecule has 1 N–H and O–H groups in total. The summed E-state index contributed by atoms with van der Waals surface area (Å²) in [5, 5.41) is 9.21. The highest BCUT2D eigenvalue weighted by atomic mass is 16.5. The van der Waals surface area contributed by atoms with Crippen LogP contribution in [0.15, 0.2) is 41.2 Å². The zero-order chi connectivity index (χ0) is 16.1. The molecule has 0 atom stereocenters. The van der Waals surface area contributed by atoms with Crippen LogP contribution in [0.4, 0.5) is 0 Å². The van der Waals surface area contributed by atoms with Crippen molar-refractivity contribution >= 4 is 0 Å². The van der Waals surface area contributed by atoms with Crippen molar-refractivity contribution in [3.05, 3.63) is 52.3 Å². The molecule has 0 unspecified atom stereocenters. The summed E-state index contributed by atoms with van der Waals surface area (Å²) in [6.45, 7) is 7.15. The van der Waals surface area contributed by atoms with Crippen LogP contribution < -0.4 is 10.3 Å². The van der Waals surface area contributed by atoms with Gasteiger partial charge in [0.05, 0.1) is 18.9 Å². The summed E-state index contributed by atoms with van der Waals surface area (Å²) in [4.78, 5) is 12.2. The summed E-state index contributed by atoms with van der Waals surface area (Å²) in [5.74, 6) is 1.31. The maximum Gasteiger partial charge on any atom is 0.256 e. The Hall–Kier alpha value is -2.07. The quantitative estimate of drug-likeness (QED) is 0.892. The Morgan fingerprint density at radius 2 is 1.82 bits per heavy atom. The predicted octanol–water partition coefficient (Wildman–Crippen LogP) is 3.06. The van der Waals surface area contributed by atoms with Gasteiger partial charge in [-0.1, -0.05) is 13.8 Å². The fourth-order valence-electron chi connectivity index (χ4n) is 2.29. The molecule has 118 valence electrons. The molecule has 2 aromatic rings. The van der Waals surface area contributed by atoms with Gasteiger partial charge >= 0.3 is 0 Å². The highest BCUT2D eigenvalue weighted by Gasteiger charge is 2.09. The third-order valence-electron chi connectivity index (χ3n) is 3.47. The van der Waals surface area contributed by atoms with E-state index in [0.717, 1.165) is 17.0 Å². The summed E-state index contributed by atoms with van der Waals surface area (Å²) >= 11 is 0. The summed E-state index contributed by atoms with van der Waals surface area (Å²) in [7, 11) is 0. The number of aliphatic hydroxyl groups excluding tert-OH is 1. The van der Waals surface area contributed by atoms with E-state index in [0.29, 0.717) is 24.6 Å². The fraction of sp³-hybridized carbons (Fsp3) is 0.389. The van der Waals surface area contributed by atoms with Crippen molar-refractivity contribution in [2.45, 2.75) is 33.9 Å². The molecule has 2 rings (SSSR count). The van der Waals surface area contributed by atoms with Gasteiger partial charge in [-0.25, -0.2) is 0 Å². The lowest BCUT2D eigenvalue weighted by Gasteiger charge is -2.13. The smallest absolute Gasteiger partial charge is 0.256 e. The van der Waals surface area contributed by atoms with E-state index in [1.807, 2.05) is 37.3 Å². The number of benzene rings is 1. The standard InChI is InChI=1S/C18H23NO3/c1-4-19-17(10-7-15(11-20)18(19)21)14-5-8-16(9-6-14)22-12-13(2)3/h5-10,13,20H,4,11-12H2,1-3H3. The maximum atomic E-state index is 12.2. The zero-order valence-corrected chi connectivity index (χ0v) is 13.4. The number of nitrogens with zero attached hydrogens (tertiary/aromatic N) is 1. The van der Waals surface area contributed by atoms with Crippen molar-refractivity contribution in [1.82, 2.24) is 4.57 Å². The van der Waals surface area contributed by atoms with Gasteiger partial charge in [-0.3, -0.25) is 4.79 Å². The molecule has 0 aliphatic carbocycles. The molecule has 1 heterocycles. The molecule has 0 bridgehead atoms. The molecule has 4 heteroatoms. The highest BCUT2D eigenvalue weighted by molar-refractivity contribution is 5.61. The van der Waals surface area contributed by atoms with E-state index in [1.165, 1.54) is 0 Å². The average molecular weight is 301 g/mol. The van der Waals surface area contributed by atoms with Crippen molar-refractivity contribution in [3.63, 3.8) is 0 Å². The normalized spacial score (nSPS) is 11.0. The van der Waals surface area contributed by atoms with Gasteiger partial charge in [-0.05, 0) is 54.8 Å². The maximum absolute atomic E-state index is 12.2. The van der Waals surface area contributed by atoms with Crippen molar-refractivity contribution < 1.29 is 9.84 Å². The van der Waals surface area contributed by atoms with E-state index < -0.39 is 0 Å².